The van der Waals surface area contributed by atoms with Gasteiger partial charge in [-0.05, 0) is 49.7 Å². The molecule has 1 N–H and O–H groups in total. The van der Waals surface area contributed by atoms with Gasteiger partial charge in [0.2, 0.25) is 0 Å². The average molecular weight is 523 g/mol. The molecule has 0 saturated heterocycles. The molecule has 0 heterocycles. The third-order valence-corrected chi connectivity index (χ3v) is 4.92. The zero-order valence-electron chi connectivity index (χ0n) is 20.6. The van der Waals surface area contributed by atoms with Crippen molar-refractivity contribution in [2.45, 2.75) is 45.3 Å². The molecular weight excluding hydrogens is 490 g/mol. The highest BCUT2D eigenvalue weighted by atomic mass is 35.5. The van der Waals surface area contributed by atoms with Crippen molar-refractivity contribution in [1.82, 2.24) is 0 Å². The van der Waals surface area contributed by atoms with Crippen molar-refractivity contribution in [3.63, 3.8) is 0 Å². The maximum Gasteiger partial charge on any atom is 0.374 e. The van der Waals surface area contributed by atoms with Gasteiger partial charge >= 0.3 is 11.9 Å². The maximum absolute atomic E-state index is 13.3. The molecule has 0 aliphatic rings. The summed E-state index contributed by atoms with van der Waals surface area (Å²) in [7, 11) is 0. The first-order valence-electron chi connectivity index (χ1n) is 11.3. The lowest BCUT2D eigenvalue weighted by molar-refractivity contribution is -0.164. The average Bonchev–Trinajstić information content (AvgIpc) is 2.84. The number of aliphatic carboxylic acids is 1. The van der Waals surface area contributed by atoms with E-state index in [0.29, 0.717) is 42.8 Å². The quantitative estimate of drug-likeness (QED) is 0.160. The molecular formula is C28H33ClF2O5. The molecule has 5 nitrogen and oxygen atoms in total. The minimum Gasteiger partial charge on any atom is -0.493 e. The van der Waals surface area contributed by atoms with Gasteiger partial charge in [0.05, 0.1) is 25.9 Å². The van der Waals surface area contributed by atoms with Crippen LogP contribution in [0.15, 0.2) is 79.9 Å². The van der Waals surface area contributed by atoms with Crippen LogP contribution in [0.2, 0.25) is 5.02 Å². The second kappa shape index (κ2) is 16.5. The van der Waals surface area contributed by atoms with Crippen molar-refractivity contribution < 1.29 is 32.9 Å². The van der Waals surface area contributed by atoms with Crippen LogP contribution in [0, 0.1) is 0 Å². The van der Waals surface area contributed by atoms with Crippen LogP contribution in [-0.4, -0.2) is 36.3 Å². The molecule has 0 bridgehead atoms. The van der Waals surface area contributed by atoms with Gasteiger partial charge in [0.25, 0.3) is 0 Å². The van der Waals surface area contributed by atoms with E-state index in [0.717, 1.165) is 5.56 Å². The lowest BCUT2D eigenvalue weighted by Gasteiger charge is -2.18. The van der Waals surface area contributed by atoms with E-state index in [2.05, 4.69) is 13.2 Å². The van der Waals surface area contributed by atoms with Crippen molar-refractivity contribution in [2.75, 3.05) is 13.2 Å². The highest BCUT2D eigenvalue weighted by Crippen LogP contribution is 2.26. The number of benzene rings is 2. The van der Waals surface area contributed by atoms with E-state index in [1.165, 1.54) is 24.3 Å². The van der Waals surface area contributed by atoms with E-state index in [9.17, 15) is 13.6 Å². The molecule has 2 aromatic carbocycles. The first-order chi connectivity index (χ1) is 17.1. The summed E-state index contributed by atoms with van der Waals surface area (Å²) >= 11 is 6.09. The van der Waals surface area contributed by atoms with Gasteiger partial charge in [-0.3, -0.25) is 0 Å². The molecule has 8 heteroatoms. The number of alkyl halides is 2. The maximum atomic E-state index is 13.3. The molecule has 196 valence electrons. The summed E-state index contributed by atoms with van der Waals surface area (Å²) in [5.41, 5.74) is 1.07. The number of ether oxygens (including phenoxy) is 3. The normalized spacial score (nSPS) is 11.8. The first kappa shape index (κ1) is 30.9. The molecule has 0 saturated carbocycles. The molecule has 2 aromatic rings. The molecule has 0 fully saturated rings. The zero-order valence-corrected chi connectivity index (χ0v) is 21.3. The van der Waals surface area contributed by atoms with Gasteiger partial charge in [-0.25, -0.2) is 4.79 Å². The minimum atomic E-state index is -3.80. The van der Waals surface area contributed by atoms with Crippen LogP contribution in [-0.2, 0) is 22.6 Å². The van der Waals surface area contributed by atoms with Crippen LogP contribution < -0.4 is 9.47 Å². The number of carbonyl (C=O) groups is 1. The van der Waals surface area contributed by atoms with Gasteiger partial charge in [-0.1, -0.05) is 61.2 Å². The Morgan fingerprint density at radius 1 is 1.17 bits per heavy atom. The number of halogens is 3. The highest BCUT2D eigenvalue weighted by Gasteiger charge is 2.38. The fraction of sp³-hybridized carbons (Fsp3) is 0.321. The smallest absolute Gasteiger partial charge is 0.374 e. The fourth-order valence-corrected chi connectivity index (χ4v) is 2.96. The molecule has 0 spiro atoms. The third-order valence-electron chi connectivity index (χ3n) is 4.68. The van der Waals surface area contributed by atoms with Crippen LogP contribution in [0.4, 0.5) is 8.78 Å². The summed E-state index contributed by atoms with van der Waals surface area (Å²) in [5, 5.41) is 9.12. The first-order valence-corrected chi connectivity index (χ1v) is 11.7. The second-order valence-corrected chi connectivity index (χ2v) is 8.14. The van der Waals surface area contributed by atoms with Crippen molar-refractivity contribution >= 4 is 17.6 Å². The van der Waals surface area contributed by atoms with Crippen LogP contribution in [0.25, 0.3) is 0 Å². The van der Waals surface area contributed by atoms with Gasteiger partial charge < -0.3 is 19.3 Å². The monoisotopic (exact) mass is 522 g/mol. The Morgan fingerprint density at radius 2 is 1.83 bits per heavy atom. The molecule has 36 heavy (non-hydrogen) atoms. The Labute approximate surface area is 216 Å². The molecule has 0 amide bonds. The number of allylic oxidation sites excluding steroid dienone is 3. The third kappa shape index (κ3) is 12.0. The number of hydrogen-bond acceptors (Lipinski definition) is 4. The van der Waals surface area contributed by atoms with Gasteiger partial charge in [0.15, 0.2) is 0 Å². The van der Waals surface area contributed by atoms with E-state index >= 15 is 0 Å². The van der Waals surface area contributed by atoms with Gasteiger partial charge in [0, 0.05) is 23.4 Å². The summed E-state index contributed by atoms with van der Waals surface area (Å²) in [5.74, 6) is -4.75. The number of carboxylic acids is 1. The van der Waals surface area contributed by atoms with Gasteiger partial charge in [0.1, 0.15) is 11.5 Å². The lowest BCUT2D eigenvalue weighted by Crippen LogP contribution is -2.30. The summed E-state index contributed by atoms with van der Waals surface area (Å²) < 4.78 is 43.9. The van der Waals surface area contributed by atoms with E-state index in [1.807, 2.05) is 32.1 Å². The summed E-state index contributed by atoms with van der Waals surface area (Å²) in [4.78, 5) is 10.5. The Bertz CT molecular complexity index is 984. The summed E-state index contributed by atoms with van der Waals surface area (Å²) in [6.45, 7) is 11.8. The summed E-state index contributed by atoms with van der Waals surface area (Å²) in [6, 6.07) is 11.3. The Kier molecular flexibility index (Phi) is 14.1. The molecule has 0 aliphatic heterocycles. The molecule has 1 unspecified atom stereocenters. The molecule has 0 aromatic heterocycles. The molecule has 0 radical (unpaired) electrons. The van der Waals surface area contributed by atoms with Gasteiger partial charge in [-0.2, -0.15) is 8.78 Å². The predicted molar refractivity (Wildman–Crippen MR) is 139 cm³/mol. The Hall–Kier alpha value is -3.16. The van der Waals surface area contributed by atoms with E-state index in [4.69, 9.17) is 30.9 Å². The van der Waals surface area contributed by atoms with Crippen molar-refractivity contribution in [1.29, 1.82) is 0 Å². The van der Waals surface area contributed by atoms with Crippen molar-refractivity contribution in [2.24, 2.45) is 0 Å². The van der Waals surface area contributed by atoms with Crippen LogP contribution in [0.3, 0.4) is 0 Å². The largest absolute Gasteiger partial charge is 0.493 e. The van der Waals surface area contributed by atoms with Crippen LogP contribution in [0.5, 0.6) is 11.5 Å². The highest BCUT2D eigenvalue weighted by molar-refractivity contribution is 6.30. The number of hydrogen-bond donors (Lipinski definition) is 1. The van der Waals surface area contributed by atoms with Gasteiger partial charge in [-0.15, -0.1) is 0 Å². The fourth-order valence-electron chi connectivity index (χ4n) is 2.76. The zero-order chi connectivity index (χ0) is 27.0. The predicted octanol–water partition coefficient (Wildman–Crippen LogP) is 7.29. The lowest BCUT2D eigenvalue weighted by atomic mass is 10.1. The topological polar surface area (TPSA) is 65.0 Å². The molecule has 2 rings (SSSR count). The Morgan fingerprint density at radius 3 is 2.42 bits per heavy atom. The summed E-state index contributed by atoms with van der Waals surface area (Å²) in [6.07, 6.45) is 6.67. The number of rotatable bonds is 14. The van der Waals surface area contributed by atoms with Crippen molar-refractivity contribution in [3.05, 3.63) is 96.1 Å². The molecule has 1 atom stereocenters. The van der Waals surface area contributed by atoms with E-state index in [-0.39, 0.29) is 11.7 Å². The van der Waals surface area contributed by atoms with Crippen molar-refractivity contribution in [3.8, 4) is 11.5 Å². The number of carboxylic acid groups (broad SMARTS) is 1. The standard InChI is InChI=1S/C24H27ClF2O5.C4H6/c1-3-4-12-30-16-19-14-20(25)7-10-22(19)32-17(2)11-13-31-21-8-5-18(6-9-21)15-24(26,27)23(28)29;1-3-4-2/h3-10,14,17H,11-13,15-16H2,1-2H3,(H,28,29);3-4H,1-2H2/b4-3-;. The SMILES string of the molecule is C/C=C\COCc1cc(Cl)ccc1OC(C)CCOc1ccc(CC(F)(F)C(=O)O)cc1.C=CC=C. The minimum absolute atomic E-state index is 0.154. The van der Waals surface area contributed by atoms with Crippen LogP contribution >= 0.6 is 11.6 Å². The molecule has 0 aliphatic carbocycles. The van der Waals surface area contributed by atoms with E-state index < -0.39 is 18.3 Å². The van der Waals surface area contributed by atoms with E-state index in [1.54, 1.807) is 24.3 Å². The van der Waals surface area contributed by atoms with Crippen LogP contribution in [0.1, 0.15) is 31.4 Å². The Balaban J connectivity index is 0.00000150. The second-order valence-electron chi connectivity index (χ2n) is 7.70.